The van der Waals surface area contributed by atoms with Gasteiger partial charge in [-0.3, -0.25) is 0 Å². The zero-order valence-electron chi connectivity index (χ0n) is 12.2. The van der Waals surface area contributed by atoms with Gasteiger partial charge in [0.2, 0.25) is 0 Å². The van der Waals surface area contributed by atoms with Crippen LogP contribution in [0.5, 0.6) is 0 Å². The molecule has 0 bridgehead atoms. The second-order valence-corrected chi connectivity index (χ2v) is 6.54. The van der Waals surface area contributed by atoms with Gasteiger partial charge in [0, 0.05) is 27.2 Å². The van der Waals surface area contributed by atoms with Crippen LogP contribution >= 0.6 is 11.3 Å². The van der Waals surface area contributed by atoms with E-state index < -0.39 is 0 Å². The molecule has 0 N–H and O–H groups in total. The summed E-state index contributed by atoms with van der Waals surface area (Å²) in [5.41, 5.74) is 1.05. The first-order valence-corrected chi connectivity index (χ1v) is 8.34. The number of rotatable bonds is 1. The van der Waals surface area contributed by atoms with Crippen molar-refractivity contribution in [3.8, 4) is 11.4 Å². The monoisotopic (exact) mass is 312 g/mol. The third-order valence-electron chi connectivity index (χ3n) is 4.15. The van der Waals surface area contributed by atoms with Crippen LogP contribution in [-0.2, 0) is 0 Å². The minimum absolute atomic E-state index is 0.786. The Morgan fingerprint density at radius 2 is 1.52 bits per heavy atom. The van der Waals surface area contributed by atoms with E-state index >= 15 is 0 Å². The molecule has 0 radical (unpaired) electrons. The standard InChI is InChI=1S/C20H12N2S/c1-2-7-14(8-3-1)19-21-12-17-16-11-10-13-6-4-5-9-15(13)18(16)23-20(17)22-19/h1-12H. The van der Waals surface area contributed by atoms with E-state index in [1.54, 1.807) is 11.3 Å². The lowest BCUT2D eigenvalue weighted by atomic mass is 10.1. The van der Waals surface area contributed by atoms with Gasteiger partial charge in [-0.05, 0) is 10.8 Å². The lowest BCUT2D eigenvalue weighted by molar-refractivity contribution is 1.24. The molecular weight excluding hydrogens is 300 g/mol. The van der Waals surface area contributed by atoms with Crippen molar-refractivity contribution in [2.24, 2.45) is 0 Å². The molecule has 5 rings (SSSR count). The average Bonchev–Trinajstić information content (AvgIpc) is 3.00. The molecule has 0 spiro atoms. The summed E-state index contributed by atoms with van der Waals surface area (Å²) in [7, 11) is 0. The van der Waals surface area contributed by atoms with Crippen LogP contribution in [0, 0.1) is 0 Å². The topological polar surface area (TPSA) is 25.8 Å². The summed E-state index contributed by atoms with van der Waals surface area (Å²) in [6.45, 7) is 0. The lowest BCUT2D eigenvalue weighted by Crippen LogP contribution is -1.87. The number of hydrogen-bond acceptors (Lipinski definition) is 3. The van der Waals surface area contributed by atoms with Crippen LogP contribution < -0.4 is 0 Å². The van der Waals surface area contributed by atoms with Crippen LogP contribution in [0.2, 0.25) is 0 Å². The Hall–Kier alpha value is -2.78. The van der Waals surface area contributed by atoms with E-state index in [1.165, 1.54) is 20.9 Å². The van der Waals surface area contributed by atoms with E-state index in [2.05, 4.69) is 41.4 Å². The minimum atomic E-state index is 0.786. The molecule has 2 aromatic heterocycles. The molecule has 3 heteroatoms. The van der Waals surface area contributed by atoms with Crippen LogP contribution in [0.1, 0.15) is 0 Å². The highest BCUT2D eigenvalue weighted by molar-refractivity contribution is 7.26. The molecule has 0 amide bonds. The maximum atomic E-state index is 4.80. The lowest BCUT2D eigenvalue weighted by Gasteiger charge is -1.99. The second kappa shape index (κ2) is 4.86. The van der Waals surface area contributed by atoms with Crippen molar-refractivity contribution >= 4 is 42.4 Å². The fourth-order valence-electron chi connectivity index (χ4n) is 3.02. The molecule has 0 aliphatic carbocycles. The molecule has 0 unspecified atom stereocenters. The largest absolute Gasteiger partial charge is 0.236 e. The molecule has 2 heterocycles. The van der Waals surface area contributed by atoms with E-state index in [-0.39, 0.29) is 0 Å². The van der Waals surface area contributed by atoms with Gasteiger partial charge in [-0.2, -0.15) is 0 Å². The van der Waals surface area contributed by atoms with Crippen molar-refractivity contribution in [1.82, 2.24) is 9.97 Å². The van der Waals surface area contributed by atoms with Crippen molar-refractivity contribution in [2.75, 3.05) is 0 Å². The number of benzene rings is 3. The number of fused-ring (bicyclic) bond motifs is 5. The van der Waals surface area contributed by atoms with Gasteiger partial charge in [0.1, 0.15) is 4.83 Å². The van der Waals surface area contributed by atoms with Gasteiger partial charge in [0.15, 0.2) is 5.82 Å². The minimum Gasteiger partial charge on any atom is -0.236 e. The Bertz CT molecular complexity index is 1160. The third-order valence-corrected chi connectivity index (χ3v) is 5.30. The predicted molar refractivity (Wildman–Crippen MR) is 97.9 cm³/mol. The quantitative estimate of drug-likeness (QED) is 0.399. The highest BCUT2D eigenvalue weighted by atomic mass is 32.1. The van der Waals surface area contributed by atoms with E-state index in [0.29, 0.717) is 0 Å². The SMILES string of the molecule is c1ccc(-c2ncc3c(n2)sc2c4ccccc4ccc32)cc1. The molecule has 3 aromatic carbocycles. The van der Waals surface area contributed by atoms with Crippen LogP contribution in [0.4, 0.5) is 0 Å². The summed E-state index contributed by atoms with van der Waals surface area (Å²) >= 11 is 1.75. The summed E-state index contributed by atoms with van der Waals surface area (Å²) in [6.07, 6.45) is 1.96. The third kappa shape index (κ3) is 1.94. The first-order valence-electron chi connectivity index (χ1n) is 7.52. The summed E-state index contributed by atoms with van der Waals surface area (Å²) in [5, 5.41) is 4.93. The van der Waals surface area contributed by atoms with Crippen LogP contribution in [0.25, 0.3) is 42.5 Å². The van der Waals surface area contributed by atoms with Crippen LogP contribution in [0.15, 0.2) is 72.9 Å². The Kier molecular flexibility index (Phi) is 2.69. The molecular formula is C20H12N2S. The zero-order valence-corrected chi connectivity index (χ0v) is 13.0. The highest BCUT2D eigenvalue weighted by Crippen LogP contribution is 2.37. The first kappa shape index (κ1) is 12.7. The van der Waals surface area contributed by atoms with E-state index in [0.717, 1.165) is 21.6 Å². The Morgan fingerprint density at radius 1 is 0.696 bits per heavy atom. The van der Waals surface area contributed by atoms with Gasteiger partial charge in [0.05, 0.1) is 0 Å². The number of nitrogens with zero attached hydrogens (tertiary/aromatic N) is 2. The molecule has 0 atom stereocenters. The van der Waals surface area contributed by atoms with Crippen molar-refractivity contribution in [3.63, 3.8) is 0 Å². The van der Waals surface area contributed by atoms with Gasteiger partial charge >= 0.3 is 0 Å². The van der Waals surface area contributed by atoms with Gasteiger partial charge in [-0.15, -0.1) is 11.3 Å². The van der Waals surface area contributed by atoms with Crippen molar-refractivity contribution in [3.05, 3.63) is 72.9 Å². The van der Waals surface area contributed by atoms with Gasteiger partial charge < -0.3 is 0 Å². The summed E-state index contributed by atoms with van der Waals surface area (Å²) in [5.74, 6) is 0.786. The van der Waals surface area contributed by atoms with E-state index in [9.17, 15) is 0 Å². The maximum Gasteiger partial charge on any atom is 0.160 e. The van der Waals surface area contributed by atoms with E-state index in [4.69, 9.17) is 4.98 Å². The van der Waals surface area contributed by atoms with Crippen molar-refractivity contribution < 1.29 is 0 Å². The number of thiophene rings is 1. The maximum absolute atomic E-state index is 4.80. The molecule has 23 heavy (non-hydrogen) atoms. The predicted octanol–water partition coefficient (Wildman–Crippen LogP) is 5.66. The van der Waals surface area contributed by atoms with Crippen molar-refractivity contribution in [2.45, 2.75) is 0 Å². The summed E-state index contributed by atoms with van der Waals surface area (Å²) in [6, 6.07) is 23.0. The fourth-order valence-corrected chi connectivity index (χ4v) is 4.20. The molecule has 2 nitrogen and oxygen atoms in total. The second-order valence-electron chi connectivity index (χ2n) is 5.54. The fraction of sp³-hybridized carbons (Fsp3) is 0. The Labute approximate surface area is 137 Å². The van der Waals surface area contributed by atoms with Gasteiger partial charge in [-0.25, -0.2) is 9.97 Å². The zero-order chi connectivity index (χ0) is 15.2. The highest BCUT2D eigenvalue weighted by Gasteiger charge is 2.11. The van der Waals surface area contributed by atoms with Gasteiger partial charge in [-0.1, -0.05) is 66.7 Å². The van der Waals surface area contributed by atoms with E-state index in [1.807, 2.05) is 36.5 Å². The molecule has 0 fully saturated rings. The van der Waals surface area contributed by atoms with Crippen LogP contribution in [-0.4, -0.2) is 9.97 Å². The number of hydrogen-bond donors (Lipinski definition) is 0. The van der Waals surface area contributed by atoms with Crippen molar-refractivity contribution in [1.29, 1.82) is 0 Å². The Balaban J connectivity index is 1.84. The molecule has 0 saturated heterocycles. The first-order chi connectivity index (χ1) is 11.4. The molecule has 5 aromatic rings. The summed E-state index contributed by atoms with van der Waals surface area (Å²) < 4.78 is 1.29. The molecule has 108 valence electrons. The Morgan fingerprint density at radius 3 is 2.43 bits per heavy atom. The molecule has 0 aliphatic rings. The summed E-state index contributed by atoms with van der Waals surface area (Å²) in [4.78, 5) is 10.4. The number of aromatic nitrogens is 2. The molecule has 0 aliphatic heterocycles. The average molecular weight is 312 g/mol. The normalized spacial score (nSPS) is 11.5. The van der Waals surface area contributed by atoms with Crippen LogP contribution in [0.3, 0.4) is 0 Å². The molecule has 0 saturated carbocycles. The van der Waals surface area contributed by atoms with Gasteiger partial charge in [0.25, 0.3) is 0 Å². The smallest absolute Gasteiger partial charge is 0.160 e.